The van der Waals surface area contributed by atoms with Crippen LogP contribution in [0.15, 0.2) is 6.07 Å². The van der Waals surface area contributed by atoms with Crippen LogP contribution in [-0.4, -0.2) is 40.8 Å². The summed E-state index contributed by atoms with van der Waals surface area (Å²) in [5, 5.41) is 12.4. The minimum absolute atomic E-state index is 0.164. The molecule has 0 amide bonds. The van der Waals surface area contributed by atoms with E-state index in [1.54, 1.807) is 0 Å². The van der Waals surface area contributed by atoms with Crippen LogP contribution in [0.25, 0.3) is 0 Å². The zero-order valence-corrected chi connectivity index (χ0v) is 11.2. The first kappa shape index (κ1) is 13.1. The maximum Gasteiger partial charge on any atom is 0.224 e. The molecule has 1 aliphatic rings. The topological polar surface area (TPSA) is 61.3 Å². The molecule has 2 rings (SSSR count). The smallest absolute Gasteiger partial charge is 0.224 e. The van der Waals surface area contributed by atoms with Crippen LogP contribution >= 0.6 is 0 Å². The summed E-state index contributed by atoms with van der Waals surface area (Å²) in [4.78, 5) is 11.1. The Balaban J connectivity index is 2.16. The number of aliphatic hydroxyl groups is 1. The Labute approximate surface area is 108 Å². The van der Waals surface area contributed by atoms with E-state index in [0.29, 0.717) is 18.5 Å². The number of aryl methyl sites for hydroxylation is 1. The van der Waals surface area contributed by atoms with Crippen LogP contribution in [0.1, 0.15) is 31.9 Å². The van der Waals surface area contributed by atoms with E-state index in [1.165, 1.54) is 12.8 Å². The van der Waals surface area contributed by atoms with Gasteiger partial charge in [-0.3, -0.25) is 0 Å². The standard InChI is InChI=1S/C13H22N4O/c1-3-6-14-13-15-10(2)9-12(16-13)17(7-8-18)11-4-5-11/h9,11,18H,3-8H2,1-2H3,(H,14,15,16). The fourth-order valence-corrected chi connectivity index (χ4v) is 1.99. The highest BCUT2D eigenvalue weighted by molar-refractivity contribution is 5.46. The van der Waals surface area contributed by atoms with Crippen molar-refractivity contribution in [3.63, 3.8) is 0 Å². The van der Waals surface area contributed by atoms with E-state index in [1.807, 2.05) is 13.0 Å². The van der Waals surface area contributed by atoms with Crippen LogP contribution in [0, 0.1) is 6.92 Å². The molecule has 100 valence electrons. The predicted molar refractivity (Wildman–Crippen MR) is 73.0 cm³/mol. The van der Waals surface area contributed by atoms with Gasteiger partial charge in [-0.05, 0) is 26.2 Å². The molecule has 0 radical (unpaired) electrons. The monoisotopic (exact) mass is 250 g/mol. The predicted octanol–water partition coefficient (Wildman–Crippen LogP) is 1.57. The van der Waals surface area contributed by atoms with Crippen molar-refractivity contribution in [2.45, 2.75) is 39.2 Å². The van der Waals surface area contributed by atoms with E-state index in [2.05, 4.69) is 27.1 Å². The van der Waals surface area contributed by atoms with Gasteiger partial charge in [0.05, 0.1) is 6.61 Å². The lowest BCUT2D eigenvalue weighted by molar-refractivity contribution is 0.301. The third-order valence-electron chi connectivity index (χ3n) is 3.00. The second-order valence-electron chi connectivity index (χ2n) is 4.77. The molecule has 5 heteroatoms. The number of aromatic nitrogens is 2. The molecular formula is C13H22N4O. The first-order valence-corrected chi connectivity index (χ1v) is 6.71. The Kier molecular flexibility index (Phi) is 4.36. The molecule has 18 heavy (non-hydrogen) atoms. The molecule has 0 spiro atoms. The number of nitrogens with one attached hydrogen (secondary N) is 1. The molecule has 2 N–H and O–H groups in total. The summed E-state index contributed by atoms with van der Waals surface area (Å²) in [5.74, 6) is 1.62. The number of aliphatic hydroxyl groups excluding tert-OH is 1. The molecule has 1 aromatic rings. The number of hydrogen-bond donors (Lipinski definition) is 2. The van der Waals surface area contributed by atoms with Crippen molar-refractivity contribution in [3.05, 3.63) is 11.8 Å². The molecule has 5 nitrogen and oxygen atoms in total. The molecular weight excluding hydrogens is 228 g/mol. The van der Waals surface area contributed by atoms with Crippen LogP contribution in [0.3, 0.4) is 0 Å². The van der Waals surface area contributed by atoms with Gasteiger partial charge in [-0.1, -0.05) is 6.92 Å². The normalized spacial score (nSPS) is 14.6. The fraction of sp³-hybridized carbons (Fsp3) is 0.692. The molecule has 1 fully saturated rings. The summed E-state index contributed by atoms with van der Waals surface area (Å²) in [5.41, 5.74) is 0.960. The van der Waals surface area contributed by atoms with Crippen molar-refractivity contribution in [3.8, 4) is 0 Å². The molecule has 1 aromatic heterocycles. The van der Waals surface area contributed by atoms with Gasteiger partial charge < -0.3 is 15.3 Å². The van der Waals surface area contributed by atoms with Gasteiger partial charge in [0.25, 0.3) is 0 Å². The van der Waals surface area contributed by atoms with Crippen molar-refractivity contribution < 1.29 is 5.11 Å². The average molecular weight is 250 g/mol. The minimum Gasteiger partial charge on any atom is -0.395 e. The highest BCUT2D eigenvalue weighted by Gasteiger charge is 2.29. The van der Waals surface area contributed by atoms with Gasteiger partial charge >= 0.3 is 0 Å². The number of rotatable bonds is 7. The van der Waals surface area contributed by atoms with Gasteiger partial charge in [0.15, 0.2) is 0 Å². The van der Waals surface area contributed by atoms with Crippen molar-refractivity contribution in [1.29, 1.82) is 0 Å². The molecule has 0 unspecified atom stereocenters. The van der Waals surface area contributed by atoms with Crippen LogP contribution in [0.5, 0.6) is 0 Å². The van der Waals surface area contributed by atoms with Gasteiger partial charge in [-0.15, -0.1) is 0 Å². The average Bonchev–Trinajstić information content (AvgIpc) is 3.17. The van der Waals surface area contributed by atoms with Crippen LogP contribution in [0.2, 0.25) is 0 Å². The van der Waals surface area contributed by atoms with Gasteiger partial charge in [0.2, 0.25) is 5.95 Å². The lowest BCUT2D eigenvalue weighted by Crippen LogP contribution is -2.30. The van der Waals surface area contributed by atoms with Crippen LogP contribution < -0.4 is 10.2 Å². The van der Waals surface area contributed by atoms with Crippen molar-refractivity contribution in [1.82, 2.24) is 9.97 Å². The molecule has 1 heterocycles. The lowest BCUT2D eigenvalue weighted by atomic mass is 10.3. The maximum absolute atomic E-state index is 9.15. The third-order valence-corrected chi connectivity index (χ3v) is 3.00. The Morgan fingerprint density at radius 1 is 1.44 bits per heavy atom. The summed E-state index contributed by atoms with van der Waals surface area (Å²) in [6, 6.07) is 2.54. The Morgan fingerprint density at radius 2 is 2.22 bits per heavy atom. The Morgan fingerprint density at radius 3 is 2.83 bits per heavy atom. The summed E-state index contributed by atoms with van der Waals surface area (Å²) < 4.78 is 0. The lowest BCUT2D eigenvalue weighted by Gasteiger charge is -2.23. The molecule has 1 aliphatic carbocycles. The molecule has 0 aromatic carbocycles. The molecule has 0 saturated heterocycles. The number of nitrogens with zero attached hydrogens (tertiary/aromatic N) is 3. The second-order valence-corrected chi connectivity index (χ2v) is 4.77. The van der Waals surface area contributed by atoms with Gasteiger partial charge in [0.1, 0.15) is 5.82 Å². The largest absolute Gasteiger partial charge is 0.395 e. The highest BCUT2D eigenvalue weighted by Crippen LogP contribution is 2.30. The summed E-state index contributed by atoms with van der Waals surface area (Å²) in [6.45, 7) is 5.79. The quantitative estimate of drug-likeness (QED) is 0.769. The number of hydrogen-bond acceptors (Lipinski definition) is 5. The summed E-state index contributed by atoms with van der Waals surface area (Å²) in [7, 11) is 0. The van der Waals surface area contributed by atoms with Crippen molar-refractivity contribution in [2.24, 2.45) is 0 Å². The summed E-state index contributed by atoms with van der Waals surface area (Å²) >= 11 is 0. The zero-order valence-electron chi connectivity index (χ0n) is 11.2. The first-order valence-electron chi connectivity index (χ1n) is 6.71. The SMILES string of the molecule is CCCNc1nc(C)cc(N(CCO)C2CC2)n1. The van der Waals surface area contributed by atoms with E-state index < -0.39 is 0 Å². The summed E-state index contributed by atoms with van der Waals surface area (Å²) in [6.07, 6.45) is 3.44. The van der Waals surface area contributed by atoms with Gasteiger partial charge in [-0.2, -0.15) is 4.98 Å². The van der Waals surface area contributed by atoms with E-state index >= 15 is 0 Å². The van der Waals surface area contributed by atoms with Crippen LogP contribution in [-0.2, 0) is 0 Å². The van der Waals surface area contributed by atoms with Gasteiger partial charge in [0, 0.05) is 30.9 Å². The Hall–Kier alpha value is -1.36. The van der Waals surface area contributed by atoms with E-state index in [9.17, 15) is 0 Å². The van der Waals surface area contributed by atoms with Gasteiger partial charge in [-0.25, -0.2) is 4.98 Å². The van der Waals surface area contributed by atoms with E-state index in [-0.39, 0.29) is 6.61 Å². The second kappa shape index (κ2) is 6.00. The number of anilines is 2. The van der Waals surface area contributed by atoms with E-state index in [0.717, 1.165) is 24.5 Å². The van der Waals surface area contributed by atoms with E-state index in [4.69, 9.17) is 5.11 Å². The van der Waals surface area contributed by atoms with Crippen LogP contribution in [0.4, 0.5) is 11.8 Å². The zero-order chi connectivity index (χ0) is 13.0. The minimum atomic E-state index is 0.164. The molecule has 0 bridgehead atoms. The Bertz CT molecular complexity index is 393. The molecule has 0 atom stereocenters. The van der Waals surface area contributed by atoms with Crippen molar-refractivity contribution >= 4 is 11.8 Å². The highest BCUT2D eigenvalue weighted by atomic mass is 16.3. The molecule has 0 aliphatic heterocycles. The third kappa shape index (κ3) is 3.32. The fourth-order valence-electron chi connectivity index (χ4n) is 1.99. The van der Waals surface area contributed by atoms with Crippen molar-refractivity contribution in [2.75, 3.05) is 29.9 Å². The first-order chi connectivity index (χ1) is 8.74. The molecule has 1 saturated carbocycles. The maximum atomic E-state index is 9.15.